The van der Waals surface area contributed by atoms with Crippen LogP contribution < -0.4 is 16.0 Å². The number of carbonyl (C=O) groups excluding carboxylic acids is 5. The highest BCUT2D eigenvalue weighted by molar-refractivity contribution is 6.06. The highest BCUT2D eigenvalue weighted by Crippen LogP contribution is 2.28. The first kappa shape index (κ1) is 28.7. The van der Waals surface area contributed by atoms with E-state index < -0.39 is 11.9 Å². The molecule has 3 N–H and O–H groups in total. The summed E-state index contributed by atoms with van der Waals surface area (Å²) in [6.07, 6.45) is 0.585. The number of imide groups is 1. The zero-order chi connectivity index (χ0) is 30.8. The van der Waals surface area contributed by atoms with Crippen LogP contribution in [0.3, 0.4) is 0 Å². The van der Waals surface area contributed by atoms with Gasteiger partial charge in [0.2, 0.25) is 17.7 Å². The Bertz CT molecular complexity index is 1820. The third kappa shape index (κ3) is 6.05. The molecule has 1 unspecified atom stereocenters. The van der Waals surface area contributed by atoms with E-state index in [0.29, 0.717) is 23.2 Å². The number of fused-ring (bicyclic) bond motifs is 2. The van der Waals surface area contributed by atoms with Crippen LogP contribution in [0.2, 0.25) is 0 Å². The van der Waals surface area contributed by atoms with Gasteiger partial charge in [0.1, 0.15) is 11.9 Å². The summed E-state index contributed by atoms with van der Waals surface area (Å²) < 4.78 is 13.7. The minimum atomic E-state index is -0.712. The molecular formula is C34H29FN4O5. The molecule has 0 spiro atoms. The van der Waals surface area contributed by atoms with Gasteiger partial charge >= 0.3 is 0 Å². The summed E-state index contributed by atoms with van der Waals surface area (Å²) in [6, 6.07) is 21.7. The van der Waals surface area contributed by atoms with Crippen molar-refractivity contribution in [2.45, 2.75) is 44.9 Å². The third-order valence-electron chi connectivity index (χ3n) is 8.04. The second-order valence-corrected chi connectivity index (χ2v) is 11.0. The molecule has 4 aromatic carbocycles. The van der Waals surface area contributed by atoms with Gasteiger partial charge in [0.25, 0.3) is 11.8 Å². The van der Waals surface area contributed by atoms with Gasteiger partial charge < -0.3 is 15.5 Å². The molecule has 1 fully saturated rings. The molecule has 5 amide bonds. The van der Waals surface area contributed by atoms with E-state index in [1.165, 1.54) is 17.0 Å². The van der Waals surface area contributed by atoms with Crippen LogP contribution in [0.15, 0.2) is 78.9 Å². The lowest BCUT2D eigenvalue weighted by molar-refractivity contribution is -0.137. The van der Waals surface area contributed by atoms with Crippen LogP contribution in [-0.4, -0.2) is 40.5 Å². The largest absolute Gasteiger partial charge is 0.352 e. The van der Waals surface area contributed by atoms with Crippen molar-refractivity contribution in [2.24, 2.45) is 0 Å². The van der Waals surface area contributed by atoms with Crippen molar-refractivity contribution in [3.8, 4) is 0 Å². The molecule has 0 aromatic heterocycles. The fourth-order valence-corrected chi connectivity index (χ4v) is 5.67. The number of amides is 5. The number of hydrogen-bond donors (Lipinski definition) is 3. The number of hydrogen-bond acceptors (Lipinski definition) is 5. The number of halogens is 1. The van der Waals surface area contributed by atoms with E-state index >= 15 is 0 Å². The molecule has 2 aliphatic heterocycles. The first-order valence-electron chi connectivity index (χ1n) is 14.3. The van der Waals surface area contributed by atoms with E-state index in [1.54, 1.807) is 24.3 Å². The van der Waals surface area contributed by atoms with Gasteiger partial charge in [0, 0.05) is 37.2 Å². The number of piperidine rings is 1. The fourth-order valence-electron chi connectivity index (χ4n) is 5.67. The van der Waals surface area contributed by atoms with Crippen LogP contribution in [0.1, 0.15) is 55.8 Å². The topological polar surface area (TPSA) is 125 Å². The summed E-state index contributed by atoms with van der Waals surface area (Å²) in [6.45, 7) is 0.801. The molecule has 6 rings (SSSR count). The number of carbonyl (C=O) groups is 5. The monoisotopic (exact) mass is 592 g/mol. The maximum absolute atomic E-state index is 13.7. The van der Waals surface area contributed by atoms with Crippen LogP contribution in [0, 0.1) is 5.82 Å². The quantitative estimate of drug-likeness (QED) is 0.270. The lowest BCUT2D eigenvalue weighted by Gasteiger charge is -2.29. The zero-order valence-corrected chi connectivity index (χ0v) is 23.7. The van der Waals surface area contributed by atoms with Gasteiger partial charge in [-0.25, -0.2) is 4.39 Å². The number of rotatable bonds is 8. The Hall–Kier alpha value is -5.38. The Balaban J connectivity index is 1.00. The minimum absolute atomic E-state index is 0.136. The zero-order valence-electron chi connectivity index (χ0n) is 23.7. The van der Waals surface area contributed by atoms with Gasteiger partial charge in [-0.3, -0.25) is 29.3 Å². The van der Waals surface area contributed by atoms with Crippen LogP contribution in [-0.2, 0) is 40.4 Å². The second kappa shape index (κ2) is 12.1. The van der Waals surface area contributed by atoms with Crippen LogP contribution in [0.25, 0.3) is 10.8 Å². The standard InChI is InChI=1S/C34H29FN4O5/c35-26-10-8-22-2-1-3-23(28(22)16-26)15-31(41)36-17-20-4-6-21(7-5-20)18-37-32(42)24-9-11-27-25(14-24)19-39(34(27)44)29-12-13-30(40)38-33(29)43/h1-11,14,16,29H,12-13,15,17-19H2,(H,36,41)(H,37,42)(H,38,40,43). The van der Waals surface area contributed by atoms with Gasteiger partial charge in [0.05, 0.1) is 6.42 Å². The Morgan fingerprint density at radius 2 is 1.64 bits per heavy atom. The van der Waals surface area contributed by atoms with Gasteiger partial charge in [-0.05, 0) is 69.8 Å². The van der Waals surface area contributed by atoms with Crippen LogP contribution in [0.5, 0.6) is 0 Å². The van der Waals surface area contributed by atoms with Gasteiger partial charge in [-0.1, -0.05) is 48.5 Å². The van der Waals surface area contributed by atoms with Crippen molar-refractivity contribution < 1.29 is 28.4 Å². The summed E-state index contributed by atoms with van der Waals surface area (Å²) in [4.78, 5) is 63.6. The molecule has 1 saturated heterocycles. The molecule has 10 heteroatoms. The molecule has 0 radical (unpaired) electrons. The van der Waals surface area contributed by atoms with Crippen LogP contribution >= 0.6 is 0 Å². The Labute approximate surface area is 252 Å². The van der Waals surface area contributed by atoms with Gasteiger partial charge in [-0.2, -0.15) is 0 Å². The number of nitrogens with one attached hydrogen (secondary N) is 3. The van der Waals surface area contributed by atoms with Gasteiger partial charge in [0.15, 0.2) is 0 Å². The van der Waals surface area contributed by atoms with E-state index in [-0.39, 0.29) is 61.8 Å². The van der Waals surface area contributed by atoms with Crippen molar-refractivity contribution in [2.75, 3.05) is 0 Å². The SMILES string of the molecule is O=C(Cc1cccc2ccc(F)cc12)NCc1ccc(CNC(=O)c2ccc3c(c2)CN(C2CCC(=O)NC2=O)C3=O)cc1. The lowest BCUT2D eigenvalue weighted by Crippen LogP contribution is -2.52. The highest BCUT2D eigenvalue weighted by atomic mass is 19.1. The van der Waals surface area contributed by atoms with E-state index in [0.717, 1.165) is 27.5 Å². The number of benzene rings is 4. The van der Waals surface area contributed by atoms with E-state index in [4.69, 9.17) is 0 Å². The van der Waals surface area contributed by atoms with Crippen molar-refractivity contribution in [3.63, 3.8) is 0 Å². The molecular weight excluding hydrogens is 563 g/mol. The molecule has 0 bridgehead atoms. The van der Waals surface area contributed by atoms with E-state index in [1.807, 2.05) is 42.5 Å². The predicted molar refractivity (Wildman–Crippen MR) is 160 cm³/mol. The summed E-state index contributed by atoms with van der Waals surface area (Å²) in [7, 11) is 0. The fraction of sp³-hybridized carbons (Fsp3) is 0.206. The minimum Gasteiger partial charge on any atom is -0.352 e. The summed E-state index contributed by atoms with van der Waals surface area (Å²) >= 11 is 0. The molecule has 1 atom stereocenters. The van der Waals surface area contributed by atoms with Crippen molar-refractivity contribution in [1.29, 1.82) is 0 Å². The van der Waals surface area contributed by atoms with Crippen molar-refractivity contribution >= 4 is 40.3 Å². The Morgan fingerprint density at radius 3 is 2.39 bits per heavy atom. The summed E-state index contributed by atoms with van der Waals surface area (Å²) in [5.74, 6) is -1.93. The molecule has 0 saturated carbocycles. The molecule has 222 valence electrons. The first-order valence-corrected chi connectivity index (χ1v) is 14.3. The summed E-state index contributed by atoms with van der Waals surface area (Å²) in [5.41, 5.74) is 4.02. The van der Waals surface area contributed by atoms with Crippen molar-refractivity contribution in [1.82, 2.24) is 20.9 Å². The first-order chi connectivity index (χ1) is 21.2. The highest BCUT2D eigenvalue weighted by Gasteiger charge is 2.39. The summed E-state index contributed by atoms with van der Waals surface area (Å²) in [5, 5.41) is 9.66. The molecule has 2 heterocycles. The van der Waals surface area contributed by atoms with Crippen LogP contribution in [0.4, 0.5) is 4.39 Å². The smallest absolute Gasteiger partial charge is 0.255 e. The normalized spacial score (nSPS) is 16.1. The van der Waals surface area contributed by atoms with E-state index in [2.05, 4.69) is 16.0 Å². The maximum Gasteiger partial charge on any atom is 0.255 e. The maximum atomic E-state index is 13.7. The van der Waals surface area contributed by atoms with Gasteiger partial charge in [-0.15, -0.1) is 0 Å². The van der Waals surface area contributed by atoms with E-state index in [9.17, 15) is 28.4 Å². The average molecular weight is 593 g/mol. The second-order valence-electron chi connectivity index (χ2n) is 11.0. The Morgan fingerprint density at radius 1 is 0.886 bits per heavy atom. The predicted octanol–water partition coefficient (Wildman–Crippen LogP) is 3.53. The molecule has 4 aromatic rings. The Kier molecular flexibility index (Phi) is 7.89. The molecule has 2 aliphatic rings. The lowest BCUT2D eigenvalue weighted by atomic mass is 10.0. The number of nitrogens with zero attached hydrogens (tertiary/aromatic N) is 1. The molecule has 9 nitrogen and oxygen atoms in total. The molecule has 44 heavy (non-hydrogen) atoms. The third-order valence-corrected chi connectivity index (χ3v) is 8.04. The van der Waals surface area contributed by atoms with Crippen molar-refractivity contribution in [3.05, 3.63) is 118 Å². The molecule has 0 aliphatic carbocycles. The average Bonchev–Trinajstić information content (AvgIpc) is 3.34.